The van der Waals surface area contributed by atoms with Gasteiger partial charge in [0.1, 0.15) is 0 Å². The molecule has 1 aromatic carbocycles. The van der Waals surface area contributed by atoms with Crippen molar-refractivity contribution in [1.82, 2.24) is 9.78 Å². The van der Waals surface area contributed by atoms with Crippen LogP contribution >= 0.6 is 0 Å². The molecule has 0 saturated heterocycles. The minimum atomic E-state index is -0.0708. The summed E-state index contributed by atoms with van der Waals surface area (Å²) in [6.07, 6.45) is 1.97. The van der Waals surface area contributed by atoms with Crippen molar-refractivity contribution in [2.45, 2.75) is 46.7 Å². The molecule has 0 fully saturated rings. The minimum absolute atomic E-state index is 0.0708. The highest BCUT2D eigenvalue weighted by molar-refractivity contribution is 5.61. The van der Waals surface area contributed by atoms with E-state index in [0.29, 0.717) is 12.1 Å². The second kappa shape index (κ2) is 6.68. The molecule has 2 N–H and O–H groups in total. The van der Waals surface area contributed by atoms with E-state index in [2.05, 4.69) is 38.0 Å². The van der Waals surface area contributed by atoms with Crippen molar-refractivity contribution in [2.24, 2.45) is 5.73 Å². The molecule has 0 aliphatic rings. The first-order valence-electron chi connectivity index (χ1n) is 7.45. The molecule has 0 aliphatic carbocycles. The Labute approximate surface area is 125 Å². The third-order valence-corrected chi connectivity index (χ3v) is 3.79. The highest BCUT2D eigenvalue weighted by atomic mass is 16.1. The first kappa shape index (κ1) is 15.4. The van der Waals surface area contributed by atoms with E-state index in [1.807, 2.05) is 12.1 Å². The Morgan fingerprint density at radius 2 is 1.95 bits per heavy atom. The largest absolute Gasteiger partial charge is 0.326 e. The number of nitrogens with two attached hydrogens (primary N) is 1. The van der Waals surface area contributed by atoms with Crippen molar-refractivity contribution in [1.29, 1.82) is 0 Å². The van der Waals surface area contributed by atoms with Crippen LogP contribution in [0.4, 0.5) is 0 Å². The highest BCUT2D eigenvalue weighted by Gasteiger charge is 2.09. The molecule has 0 unspecified atom stereocenters. The summed E-state index contributed by atoms with van der Waals surface area (Å²) in [5.74, 6) is 0. The fourth-order valence-corrected chi connectivity index (χ4v) is 2.24. The van der Waals surface area contributed by atoms with Crippen molar-refractivity contribution in [3.63, 3.8) is 0 Å². The van der Waals surface area contributed by atoms with Crippen molar-refractivity contribution in [2.75, 3.05) is 0 Å². The van der Waals surface area contributed by atoms with Crippen molar-refractivity contribution >= 4 is 0 Å². The lowest BCUT2D eigenvalue weighted by molar-refractivity contribution is 0.540. The highest BCUT2D eigenvalue weighted by Crippen LogP contribution is 2.20. The maximum absolute atomic E-state index is 12.2. The minimum Gasteiger partial charge on any atom is -0.326 e. The van der Waals surface area contributed by atoms with Crippen LogP contribution < -0.4 is 11.3 Å². The first-order chi connectivity index (χ1) is 10.1. The van der Waals surface area contributed by atoms with Gasteiger partial charge in [-0.05, 0) is 43.5 Å². The van der Waals surface area contributed by atoms with Crippen LogP contribution in [0.15, 0.2) is 29.1 Å². The normalized spacial score (nSPS) is 10.9. The molecule has 21 heavy (non-hydrogen) atoms. The molecule has 0 atom stereocenters. The van der Waals surface area contributed by atoms with Crippen LogP contribution in [0.1, 0.15) is 36.5 Å². The Kier molecular flexibility index (Phi) is 4.91. The van der Waals surface area contributed by atoms with Gasteiger partial charge in [0.05, 0.1) is 5.69 Å². The maximum atomic E-state index is 12.2. The predicted octanol–water partition coefficient (Wildman–Crippen LogP) is 2.79. The molecule has 0 spiro atoms. The first-order valence-corrected chi connectivity index (χ1v) is 7.45. The van der Waals surface area contributed by atoms with Crippen LogP contribution in [0.25, 0.3) is 11.3 Å². The van der Waals surface area contributed by atoms with E-state index in [1.54, 1.807) is 4.68 Å². The van der Waals surface area contributed by atoms with E-state index in [4.69, 9.17) is 5.73 Å². The Morgan fingerprint density at radius 3 is 2.57 bits per heavy atom. The average molecular weight is 285 g/mol. The number of nitrogens with zero attached hydrogens (tertiary/aromatic N) is 2. The van der Waals surface area contributed by atoms with Gasteiger partial charge in [-0.15, -0.1) is 0 Å². The molecule has 0 bridgehead atoms. The van der Waals surface area contributed by atoms with E-state index in [0.717, 1.165) is 24.1 Å². The summed E-state index contributed by atoms with van der Waals surface area (Å²) >= 11 is 0. The van der Waals surface area contributed by atoms with Crippen molar-refractivity contribution in [3.05, 3.63) is 51.3 Å². The summed E-state index contributed by atoms with van der Waals surface area (Å²) in [5, 5.41) is 4.51. The zero-order chi connectivity index (χ0) is 15.4. The van der Waals surface area contributed by atoms with Gasteiger partial charge in [0.15, 0.2) is 0 Å². The van der Waals surface area contributed by atoms with Crippen LogP contribution in [0.3, 0.4) is 0 Å². The molecule has 0 aliphatic heterocycles. The number of aryl methyl sites for hydroxylation is 3. The number of unbranched alkanes of at least 4 members (excludes halogenated alkanes) is 1. The average Bonchev–Trinajstić information content (AvgIpc) is 2.49. The van der Waals surface area contributed by atoms with Crippen molar-refractivity contribution in [3.8, 4) is 11.3 Å². The summed E-state index contributed by atoms with van der Waals surface area (Å²) in [7, 11) is 0. The van der Waals surface area contributed by atoms with Gasteiger partial charge >= 0.3 is 0 Å². The zero-order valence-electron chi connectivity index (χ0n) is 13.0. The van der Waals surface area contributed by atoms with E-state index >= 15 is 0 Å². The molecule has 1 heterocycles. The SMILES string of the molecule is CCCCn1nc(-c2ccc(C)c(C)c2)cc(CN)c1=O. The molecule has 2 aromatic rings. The lowest BCUT2D eigenvalue weighted by atomic mass is 10.0. The smallest absolute Gasteiger partial charge is 0.271 e. The Balaban J connectivity index is 2.52. The molecular formula is C17H23N3O. The standard InChI is InChI=1S/C17H23N3O/c1-4-5-8-20-17(21)15(11-18)10-16(19-20)14-7-6-12(2)13(3)9-14/h6-7,9-10H,4-5,8,11,18H2,1-3H3. The second-order valence-electron chi connectivity index (χ2n) is 5.44. The summed E-state index contributed by atoms with van der Waals surface area (Å²) in [6.45, 7) is 7.14. The summed E-state index contributed by atoms with van der Waals surface area (Å²) in [4.78, 5) is 12.2. The zero-order valence-corrected chi connectivity index (χ0v) is 13.0. The van der Waals surface area contributed by atoms with Gasteiger partial charge in [-0.1, -0.05) is 25.5 Å². The fraction of sp³-hybridized carbons (Fsp3) is 0.412. The van der Waals surface area contributed by atoms with Gasteiger partial charge in [-0.2, -0.15) is 5.10 Å². The molecule has 112 valence electrons. The van der Waals surface area contributed by atoms with E-state index in [9.17, 15) is 4.79 Å². The number of rotatable bonds is 5. The predicted molar refractivity (Wildman–Crippen MR) is 86.2 cm³/mol. The van der Waals surface area contributed by atoms with Crippen LogP contribution in [-0.4, -0.2) is 9.78 Å². The third kappa shape index (κ3) is 3.39. The van der Waals surface area contributed by atoms with E-state index < -0.39 is 0 Å². The van der Waals surface area contributed by atoms with Gasteiger partial charge in [-0.25, -0.2) is 4.68 Å². The third-order valence-electron chi connectivity index (χ3n) is 3.79. The van der Waals surface area contributed by atoms with E-state index in [-0.39, 0.29) is 12.1 Å². The second-order valence-corrected chi connectivity index (χ2v) is 5.44. The van der Waals surface area contributed by atoms with Crippen LogP contribution in [0.2, 0.25) is 0 Å². The molecule has 0 amide bonds. The van der Waals surface area contributed by atoms with Gasteiger partial charge in [0, 0.05) is 24.2 Å². The molecule has 0 saturated carbocycles. The quantitative estimate of drug-likeness (QED) is 0.919. The molecule has 4 nitrogen and oxygen atoms in total. The summed E-state index contributed by atoms with van der Waals surface area (Å²) in [6, 6.07) is 8.04. The molecule has 0 radical (unpaired) electrons. The Morgan fingerprint density at radius 1 is 1.19 bits per heavy atom. The summed E-state index contributed by atoms with van der Waals surface area (Å²) in [5.41, 5.74) is 10.6. The fourth-order valence-electron chi connectivity index (χ4n) is 2.24. The molecule has 2 rings (SSSR count). The lowest BCUT2D eigenvalue weighted by Crippen LogP contribution is -2.28. The van der Waals surface area contributed by atoms with E-state index in [1.165, 1.54) is 11.1 Å². The molecule has 1 aromatic heterocycles. The van der Waals surface area contributed by atoms with Crippen LogP contribution in [0, 0.1) is 13.8 Å². The number of benzene rings is 1. The Bertz CT molecular complexity index is 689. The van der Waals surface area contributed by atoms with Crippen LogP contribution in [0.5, 0.6) is 0 Å². The lowest BCUT2D eigenvalue weighted by Gasteiger charge is -2.11. The van der Waals surface area contributed by atoms with Gasteiger partial charge < -0.3 is 5.73 Å². The van der Waals surface area contributed by atoms with Gasteiger partial charge in [-0.3, -0.25) is 4.79 Å². The Hall–Kier alpha value is -1.94. The number of aromatic nitrogens is 2. The molecular weight excluding hydrogens is 262 g/mol. The van der Waals surface area contributed by atoms with Gasteiger partial charge in [0.25, 0.3) is 5.56 Å². The molecule has 4 heteroatoms. The number of hydrogen-bond donors (Lipinski definition) is 1. The van der Waals surface area contributed by atoms with Gasteiger partial charge in [0.2, 0.25) is 0 Å². The van der Waals surface area contributed by atoms with Crippen LogP contribution in [-0.2, 0) is 13.1 Å². The number of hydrogen-bond acceptors (Lipinski definition) is 3. The van der Waals surface area contributed by atoms with Crippen molar-refractivity contribution < 1.29 is 0 Å². The topological polar surface area (TPSA) is 60.9 Å². The summed E-state index contributed by atoms with van der Waals surface area (Å²) < 4.78 is 1.55. The monoisotopic (exact) mass is 285 g/mol. The maximum Gasteiger partial charge on any atom is 0.271 e.